The molecule has 0 fully saturated rings. The smallest absolute Gasteiger partial charge is 0.344 e. The molecule has 0 aliphatic carbocycles. The normalized spacial score (nSPS) is 10.5. The number of carbonyl (C=O) groups excluding carboxylic acids is 2. The lowest BCUT2D eigenvalue weighted by Gasteiger charge is -2.06. The van der Waals surface area contributed by atoms with Crippen LogP contribution < -0.4 is 4.74 Å². The van der Waals surface area contributed by atoms with Gasteiger partial charge in [0.2, 0.25) is 0 Å². The van der Waals surface area contributed by atoms with E-state index >= 15 is 0 Å². The Bertz CT molecular complexity index is 864. The molecule has 0 radical (unpaired) electrons. The lowest BCUT2D eigenvalue weighted by atomic mass is 10.0. The van der Waals surface area contributed by atoms with Crippen LogP contribution in [0.2, 0.25) is 0 Å². The highest BCUT2D eigenvalue weighted by Gasteiger charge is 2.16. The van der Waals surface area contributed by atoms with E-state index in [1.54, 1.807) is 37.3 Å². The summed E-state index contributed by atoms with van der Waals surface area (Å²) in [6.45, 7) is 1.86. The minimum absolute atomic E-state index is 0.128. The minimum atomic E-state index is -0.439. The van der Waals surface area contributed by atoms with Crippen molar-refractivity contribution in [2.24, 2.45) is 0 Å². The summed E-state index contributed by atoms with van der Waals surface area (Å²) < 4.78 is 15.7. The van der Waals surface area contributed by atoms with Crippen LogP contribution in [-0.4, -0.2) is 25.0 Å². The van der Waals surface area contributed by atoms with Crippen molar-refractivity contribution in [2.75, 3.05) is 13.2 Å². The molecular weight excluding hydrogens is 308 g/mol. The summed E-state index contributed by atoms with van der Waals surface area (Å²) in [6, 6.07) is 14.1. The molecule has 0 amide bonds. The molecular formula is C19H16O5. The van der Waals surface area contributed by atoms with Gasteiger partial charge in [0.1, 0.15) is 17.6 Å². The summed E-state index contributed by atoms with van der Waals surface area (Å²) >= 11 is 0. The van der Waals surface area contributed by atoms with Gasteiger partial charge in [-0.05, 0) is 25.1 Å². The lowest BCUT2D eigenvalue weighted by molar-refractivity contribution is -0.145. The van der Waals surface area contributed by atoms with E-state index in [9.17, 15) is 9.59 Å². The predicted octanol–water partition coefficient (Wildman–Crippen LogP) is 3.61. The van der Waals surface area contributed by atoms with Crippen molar-refractivity contribution in [3.8, 4) is 5.75 Å². The number of hydrogen-bond donors (Lipinski definition) is 0. The van der Waals surface area contributed by atoms with E-state index in [1.807, 2.05) is 18.2 Å². The number of fused-ring (bicyclic) bond motifs is 1. The van der Waals surface area contributed by atoms with Gasteiger partial charge in [-0.25, -0.2) is 4.79 Å². The SMILES string of the molecule is CCOC(=O)COc1ccc2occ(C(=O)c3ccccc3)c2c1. The average molecular weight is 324 g/mol. The topological polar surface area (TPSA) is 65.7 Å². The lowest BCUT2D eigenvalue weighted by Crippen LogP contribution is -2.14. The zero-order chi connectivity index (χ0) is 16.9. The molecule has 5 nitrogen and oxygen atoms in total. The number of furan rings is 1. The second-order valence-electron chi connectivity index (χ2n) is 5.10. The molecule has 2 aromatic carbocycles. The summed E-state index contributed by atoms with van der Waals surface area (Å²) in [7, 11) is 0. The van der Waals surface area contributed by atoms with E-state index in [0.29, 0.717) is 34.5 Å². The molecule has 0 saturated heterocycles. The van der Waals surface area contributed by atoms with Crippen molar-refractivity contribution in [3.63, 3.8) is 0 Å². The second kappa shape index (κ2) is 7.00. The van der Waals surface area contributed by atoms with E-state index in [4.69, 9.17) is 13.9 Å². The van der Waals surface area contributed by atoms with Crippen LogP contribution in [0.3, 0.4) is 0 Å². The third-order valence-electron chi connectivity index (χ3n) is 3.49. The van der Waals surface area contributed by atoms with Crippen molar-refractivity contribution >= 4 is 22.7 Å². The Labute approximate surface area is 138 Å². The van der Waals surface area contributed by atoms with Crippen LogP contribution in [0.15, 0.2) is 59.2 Å². The summed E-state index contributed by atoms with van der Waals surface area (Å²) in [5.41, 5.74) is 1.62. The van der Waals surface area contributed by atoms with Gasteiger partial charge >= 0.3 is 5.97 Å². The van der Waals surface area contributed by atoms with Gasteiger partial charge in [-0.15, -0.1) is 0 Å². The summed E-state index contributed by atoms with van der Waals surface area (Å²) in [6.07, 6.45) is 1.44. The van der Waals surface area contributed by atoms with Gasteiger partial charge < -0.3 is 13.9 Å². The number of carbonyl (C=O) groups is 2. The molecule has 122 valence electrons. The Morgan fingerprint density at radius 3 is 2.62 bits per heavy atom. The fourth-order valence-corrected chi connectivity index (χ4v) is 2.36. The molecule has 1 aromatic heterocycles. The van der Waals surface area contributed by atoms with Crippen molar-refractivity contribution in [1.29, 1.82) is 0 Å². The molecule has 0 N–H and O–H groups in total. The number of benzene rings is 2. The number of ketones is 1. The van der Waals surface area contributed by atoms with Gasteiger partial charge in [0.05, 0.1) is 12.2 Å². The van der Waals surface area contributed by atoms with Gasteiger partial charge in [-0.3, -0.25) is 4.79 Å². The van der Waals surface area contributed by atoms with Crippen LogP contribution in [0, 0.1) is 0 Å². The van der Waals surface area contributed by atoms with Gasteiger partial charge in [-0.1, -0.05) is 30.3 Å². The maximum atomic E-state index is 12.6. The zero-order valence-electron chi connectivity index (χ0n) is 13.2. The van der Waals surface area contributed by atoms with E-state index in [-0.39, 0.29) is 12.4 Å². The first-order valence-corrected chi connectivity index (χ1v) is 7.58. The zero-order valence-corrected chi connectivity index (χ0v) is 13.2. The van der Waals surface area contributed by atoms with Crippen molar-refractivity contribution in [3.05, 3.63) is 65.9 Å². The molecule has 24 heavy (non-hydrogen) atoms. The van der Waals surface area contributed by atoms with E-state index in [1.165, 1.54) is 6.26 Å². The van der Waals surface area contributed by atoms with Crippen LogP contribution >= 0.6 is 0 Å². The molecule has 0 atom stereocenters. The fraction of sp³-hybridized carbons (Fsp3) is 0.158. The molecule has 0 unspecified atom stereocenters. The maximum Gasteiger partial charge on any atom is 0.344 e. The number of esters is 1. The highest BCUT2D eigenvalue weighted by molar-refractivity contribution is 6.16. The van der Waals surface area contributed by atoms with Crippen molar-refractivity contribution in [2.45, 2.75) is 6.92 Å². The molecule has 0 bridgehead atoms. The first-order chi connectivity index (χ1) is 11.7. The van der Waals surface area contributed by atoms with Gasteiger partial charge in [-0.2, -0.15) is 0 Å². The van der Waals surface area contributed by atoms with Crippen LogP contribution in [0.5, 0.6) is 5.75 Å². The molecule has 0 saturated carbocycles. The second-order valence-corrected chi connectivity index (χ2v) is 5.10. The molecule has 5 heteroatoms. The Morgan fingerprint density at radius 1 is 1.08 bits per heavy atom. The maximum absolute atomic E-state index is 12.6. The molecule has 1 heterocycles. The van der Waals surface area contributed by atoms with Gasteiger partial charge in [0, 0.05) is 10.9 Å². The minimum Gasteiger partial charge on any atom is -0.482 e. The Morgan fingerprint density at radius 2 is 1.88 bits per heavy atom. The monoisotopic (exact) mass is 324 g/mol. The largest absolute Gasteiger partial charge is 0.482 e. The Hall–Kier alpha value is -3.08. The summed E-state index contributed by atoms with van der Waals surface area (Å²) in [4.78, 5) is 24.0. The molecule has 3 aromatic rings. The summed E-state index contributed by atoms with van der Waals surface area (Å²) in [5, 5.41) is 0.644. The number of rotatable bonds is 6. The third kappa shape index (κ3) is 3.30. The van der Waals surface area contributed by atoms with E-state index in [2.05, 4.69) is 0 Å². The standard InChI is InChI=1S/C19H16O5/c1-2-22-18(20)12-23-14-8-9-17-15(10-14)16(11-24-17)19(21)13-6-4-3-5-7-13/h3-11H,2,12H2,1H3. The Kier molecular flexibility index (Phi) is 4.61. The van der Waals surface area contributed by atoms with Crippen LogP contribution in [-0.2, 0) is 9.53 Å². The Balaban J connectivity index is 1.86. The van der Waals surface area contributed by atoms with Gasteiger partial charge in [0.25, 0.3) is 0 Å². The third-order valence-corrected chi connectivity index (χ3v) is 3.49. The molecule has 0 aliphatic heterocycles. The number of ether oxygens (including phenoxy) is 2. The van der Waals surface area contributed by atoms with Crippen LogP contribution in [0.4, 0.5) is 0 Å². The predicted molar refractivity (Wildman–Crippen MR) is 88.2 cm³/mol. The highest BCUT2D eigenvalue weighted by atomic mass is 16.6. The van der Waals surface area contributed by atoms with Gasteiger partial charge in [0.15, 0.2) is 12.4 Å². The molecule has 0 spiro atoms. The first-order valence-electron chi connectivity index (χ1n) is 7.58. The molecule has 0 aliphatic rings. The van der Waals surface area contributed by atoms with E-state index < -0.39 is 5.97 Å². The molecule has 3 rings (SSSR count). The average Bonchev–Trinajstić information content (AvgIpc) is 3.03. The quantitative estimate of drug-likeness (QED) is 0.512. The number of hydrogen-bond acceptors (Lipinski definition) is 5. The first kappa shape index (κ1) is 15.8. The van der Waals surface area contributed by atoms with Crippen molar-refractivity contribution in [1.82, 2.24) is 0 Å². The fourth-order valence-electron chi connectivity index (χ4n) is 2.36. The van der Waals surface area contributed by atoms with Crippen molar-refractivity contribution < 1.29 is 23.5 Å². The summed E-state index contributed by atoms with van der Waals surface area (Å²) in [5.74, 6) is -0.0960. The van der Waals surface area contributed by atoms with Crippen LogP contribution in [0.1, 0.15) is 22.8 Å². The van der Waals surface area contributed by atoms with E-state index in [0.717, 1.165) is 0 Å². The highest BCUT2D eigenvalue weighted by Crippen LogP contribution is 2.27. The van der Waals surface area contributed by atoms with Crippen LogP contribution in [0.25, 0.3) is 11.0 Å².